The van der Waals surface area contributed by atoms with Crippen LogP contribution in [-0.2, 0) is 10.0 Å². The number of rotatable bonds is 3. The molecule has 1 fully saturated rings. The molecule has 0 radical (unpaired) electrons. The maximum Gasteiger partial charge on any atom is 0.243 e. The molecule has 5 nitrogen and oxygen atoms in total. The van der Waals surface area contributed by atoms with Crippen molar-refractivity contribution in [2.75, 3.05) is 13.1 Å². The number of piperidine rings is 1. The molecule has 6 heteroatoms. The molecule has 1 aromatic heterocycles. The fourth-order valence-electron chi connectivity index (χ4n) is 3.74. The second-order valence-electron chi connectivity index (χ2n) is 6.93. The number of H-pyrrole nitrogens is 1. The Morgan fingerprint density at radius 2 is 1.85 bits per heavy atom. The maximum absolute atomic E-state index is 12.9. The molecule has 2 N–H and O–H groups in total. The molecule has 4 rings (SSSR count). The maximum atomic E-state index is 12.9. The van der Waals surface area contributed by atoms with Crippen LogP contribution < -0.4 is 0 Å². The van der Waals surface area contributed by atoms with Crippen LogP contribution in [-0.4, -0.2) is 42.0 Å². The van der Waals surface area contributed by atoms with Gasteiger partial charge in [0.25, 0.3) is 0 Å². The predicted molar refractivity (Wildman–Crippen MR) is 102 cm³/mol. The van der Waals surface area contributed by atoms with Gasteiger partial charge in [0, 0.05) is 36.1 Å². The molecular formula is C20H22N2O3S. The highest BCUT2D eigenvalue weighted by Gasteiger charge is 2.36. The quantitative estimate of drug-likeness (QED) is 0.744. The third kappa shape index (κ3) is 2.94. The van der Waals surface area contributed by atoms with Gasteiger partial charge in [0.15, 0.2) is 0 Å². The first-order chi connectivity index (χ1) is 12.5. The molecule has 26 heavy (non-hydrogen) atoms. The molecule has 2 atom stereocenters. The molecule has 1 aliphatic rings. The Labute approximate surface area is 153 Å². The van der Waals surface area contributed by atoms with Crippen molar-refractivity contribution in [1.29, 1.82) is 0 Å². The summed E-state index contributed by atoms with van der Waals surface area (Å²) >= 11 is 0. The number of hydrogen-bond acceptors (Lipinski definition) is 3. The number of aryl methyl sites for hydroxylation is 1. The molecule has 1 saturated heterocycles. The van der Waals surface area contributed by atoms with Gasteiger partial charge in [0.05, 0.1) is 11.0 Å². The fourth-order valence-corrected chi connectivity index (χ4v) is 5.22. The second kappa shape index (κ2) is 6.54. The first-order valence-electron chi connectivity index (χ1n) is 8.78. The third-order valence-corrected chi connectivity index (χ3v) is 7.10. The summed E-state index contributed by atoms with van der Waals surface area (Å²) in [5, 5.41) is 11.8. The number of fused-ring (bicyclic) bond motifs is 1. The van der Waals surface area contributed by atoms with Crippen molar-refractivity contribution in [3.63, 3.8) is 0 Å². The standard InChI is InChI=1S/C20H22N2O3S/c1-14-6-8-15(9-7-14)26(24,25)22-11-10-17(20(23)13-22)18-12-21-19-5-3-2-4-16(18)19/h2-9,12,17,20-21,23H,10-11,13H2,1H3. The van der Waals surface area contributed by atoms with Crippen molar-refractivity contribution in [3.8, 4) is 0 Å². The molecule has 2 aromatic carbocycles. The average Bonchev–Trinajstić information content (AvgIpc) is 3.06. The Bertz CT molecular complexity index is 1020. The number of benzene rings is 2. The lowest BCUT2D eigenvalue weighted by molar-refractivity contribution is 0.0859. The van der Waals surface area contributed by atoms with Crippen LogP contribution in [0.4, 0.5) is 0 Å². The van der Waals surface area contributed by atoms with Gasteiger partial charge in [-0.05, 0) is 37.1 Å². The molecule has 136 valence electrons. The van der Waals surface area contributed by atoms with E-state index in [4.69, 9.17) is 0 Å². The number of aliphatic hydroxyl groups excluding tert-OH is 1. The Hall–Kier alpha value is -2.15. The highest BCUT2D eigenvalue weighted by molar-refractivity contribution is 7.89. The minimum absolute atomic E-state index is 0.0735. The third-order valence-electron chi connectivity index (χ3n) is 5.22. The summed E-state index contributed by atoms with van der Waals surface area (Å²) in [6.45, 7) is 2.44. The highest BCUT2D eigenvalue weighted by Crippen LogP contribution is 2.35. The van der Waals surface area contributed by atoms with Gasteiger partial charge >= 0.3 is 0 Å². The number of nitrogens with zero attached hydrogens (tertiary/aromatic N) is 1. The van der Waals surface area contributed by atoms with Crippen molar-refractivity contribution in [2.45, 2.75) is 30.3 Å². The van der Waals surface area contributed by atoms with E-state index in [1.54, 1.807) is 24.3 Å². The van der Waals surface area contributed by atoms with Crippen LogP contribution in [0.15, 0.2) is 59.6 Å². The molecule has 0 amide bonds. The van der Waals surface area contributed by atoms with E-state index >= 15 is 0 Å². The number of aliphatic hydroxyl groups is 1. The van der Waals surface area contributed by atoms with Crippen LogP contribution in [0.3, 0.4) is 0 Å². The molecule has 0 aliphatic carbocycles. The van der Waals surface area contributed by atoms with Crippen LogP contribution in [0.5, 0.6) is 0 Å². The van der Waals surface area contributed by atoms with Crippen LogP contribution in [0.1, 0.15) is 23.5 Å². The van der Waals surface area contributed by atoms with Gasteiger partial charge in [0.1, 0.15) is 0 Å². The molecule has 2 heterocycles. The number of nitrogens with one attached hydrogen (secondary N) is 1. The topological polar surface area (TPSA) is 73.4 Å². The summed E-state index contributed by atoms with van der Waals surface area (Å²) in [6.07, 6.45) is 1.79. The Kier molecular flexibility index (Phi) is 4.34. The smallest absolute Gasteiger partial charge is 0.243 e. The number of aromatic amines is 1. The van der Waals surface area contributed by atoms with Gasteiger partial charge in [-0.2, -0.15) is 4.31 Å². The van der Waals surface area contributed by atoms with Gasteiger partial charge in [-0.15, -0.1) is 0 Å². The molecule has 0 saturated carbocycles. The normalized spacial score (nSPS) is 21.9. The molecule has 0 bridgehead atoms. The van der Waals surface area contributed by atoms with Gasteiger partial charge in [-0.1, -0.05) is 35.9 Å². The first-order valence-corrected chi connectivity index (χ1v) is 10.2. The summed E-state index contributed by atoms with van der Waals surface area (Å²) in [4.78, 5) is 3.51. The number of hydrogen-bond donors (Lipinski definition) is 2. The van der Waals surface area contributed by atoms with E-state index in [0.29, 0.717) is 13.0 Å². The Morgan fingerprint density at radius 1 is 1.12 bits per heavy atom. The zero-order valence-electron chi connectivity index (χ0n) is 14.6. The molecule has 2 unspecified atom stereocenters. The van der Waals surface area contributed by atoms with Crippen LogP contribution in [0.25, 0.3) is 10.9 Å². The van der Waals surface area contributed by atoms with Crippen molar-refractivity contribution in [1.82, 2.24) is 9.29 Å². The van der Waals surface area contributed by atoms with Gasteiger partial charge < -0.3 is 10.1 Å². The largest absolute Gasteiger partial charge is 0.391 e. The lowest BCUT2D eigenvalue weighted by atomic mass is 9.88. The number of aromatic nitrogens is 1. The molecular weight excluding hydrogens is 348 g/mol. The van der Waals surface area contributed by atoms with Crippen molar-refractivity contribution in [3.05, 3.63) is 65.9 Å². The molecule has 3 aromatic rings. The zero-order valence-corrected chi connectivity index (χ0v) is 15.4. The second-order valence-corrected chi connectivity index (χ2v) is 8.87. The van der Waals surface area contributed by atoms with Crippen molar-refractivity contribution >= 4 is 20.9 Å². The van der Waals surface area contributed by atoms with Crippen LogP contribution in [0.2, 0.25) is 0 Å². The molecule has 0 spiro atoms. The minimum atomic E-state index is -3.58. The van der Waals surface area contributed by atoms with Crippen LogP contribution in [0, 0.1) is 6.92 Å². The predicted octanol–water partition coefficient (Wildman–Crippen LogP) is 3.02. The van der Waals surface area contributed by atoms with Crippen LogP contribution >= 0.6 is 0 Å². The number of sulfonamides is 1. The first kappa shape index (κ1) is 17.3. The summed E-state index contributed by atoms with van der Waals surface area (Å²) in [5.41, 5.74) is 3.10. The van der Waals surface area contributed by atoms with E-state index in [9.17, 15) is 13.5 Å². The van der Waals surface area contributed by atoms with E-state index in [-0.39, 0.29) is 17.4 Å². The lowest BCUT2D eigenvalue weighted by Crippen LogP contribution is -2.45. The van der Waals surface area contributed by atoms with Crippen molar-refractivity contribution < 1.29 is 13.5 Å². The molecule has 1 aliphatic heterocycles. The van der Waals surface area contributed by atoms with Gasteiger partial charge in [-0.3, -0.25) is 0 Å². The summed E-state index contributed by atoms with van der Waals surface area (Å²) in [6, 6.07) is 14.8. The summed E-state index contributed by atoms with van der Waals surface area (Å²) in [5.74, 6) is -0.0735. The van der Waals surface area contributed by atoms with E-state index in [1.165, 1.54) is 4.31 Å². The number of β-amino-alcohol motifs (C(OH)–C–C–N with tert-alkyl or cyclic N) is 1. The monoisotopic (exact) mass is 370 g/mol. The van der Waals surface area contributed by atoms with E-state index in [0.717, 1.165) is 22.0 Å². The van der Waals surface area contributed by atoms with E-state index in [1.807, 2.05) is 37.4 Å². The average molecular weight is 370 g/mol. The lowest BCUT2D eigenvalue weighted by Gasteiger charge is -2.35. The fraction of sp³-hybridized carbons (Fsp3) is 0.300. The zero-order chi connectivity index (χ0) is 18.3. The minimum Gasteiger partial charge on any atom is -0.391 e. The van der Waals surface area contributed by atoms with Gasteiger partial charge in [-0.25, -0.2) is 8.42 Å². The summed E-state index contributed by atoms with van der Waals surface area (Å²) in [7, 11) is -3.58. The Morgan fingerprint density at radius 3 is 2.58 bits per heavy atom. The summed E-state index contributed by atoms with van der Waals surface area (Å²) < 4.78 is 27.1. The SMILES string of the molecule is Cc1ccc(S(=O)(=O)N2CCC(c3c[nH]c4ccccc34)C(O)C2)cc1. The van der Waals surface area contributed by atoms with E-state index in [2.05, 4.69) is 4.98 Å². The van der Waals surface area contributed by atoms with Crippen molar-refractivity contribution in [2.24, 2.45) is 0 Å². The van der Waals surface area contributed by atoms with Gasteiger partial charge in [0.2, 0.25) is 10.0 Å². The number of para-hydroxylation sites is 1. The Balaban J connectivity index is 1.58. The highest BCUT2D eigenvalue weighted by atomic mass is 32.2. The van der Waals surface area contributed by atoms with E-state index < -0.39 is 16.1 Å².